The number of primary amides is 1. The van der Waals surface area contributed by atoms with Crippen molar-refractivity contribution in [1.29, 1.82) is 0 Å². The number of nitrogens with two attached hydrogens (primary N) is 1. The van der Waals surface area contributed by atoms with Gasteiger partial charge in [0.15, 0.2) is 0 Å². The molecule has 0 bridgehead atoms. The number of pyridine rings is 1. The lowest BCUT2D eigenvalue weighted by molar-refractivity contribution is 0.0995. The van der Waals surface area contributed by atoms with Crippen molar-refractivity contribution in [3.8, 4) is 5.88 Å². The van der Waals surface area contributed by atoms with Crippen LogP contribution in [-0.4, -0.2) is 15.6 Å². The third-order valence-corrected chi connectivity index (χ3v) is 2.91. The molecule has 0 aliphatic heterocycles. The number of hydrogen-bond donors (Lipinski definition) is 2. The fraction of sp³-hybridized carbons (Fsp3) is 0.143. The van der Waals surface area contributed by atoms with E-state index < -0.39 is 5.91 Å². The molecule has 0 fully saturated rings. The molecule has 0 unspecified atom stereocenters. The smallest absolute Gasteiger partial charge is 0.254 e. The Balaban J connectivity index is 2.55. The molecule has 3 N–H and O–H groups in total. The van der Waals surface area contributed by atoms with Crippen LogP contribution in [0, 0.1) is 6.92 Å². The second kappa shape index (κ2) is 4.97. The number of amides is 1. The molecule has 19 heavy (non-hydrogen) atoms. The maximum atomic E-state index is 11.9. The van der Waals surface area contributed by atoms with Gasteiger partial charge >= 0.3 is 0 Å². The molecule has 1 amide bonds. The van der Waals surface area contributed by atoms with Crippen LogP contribution in [0.4, 0.5) is 0 Å². The van der Waals surface area contributed by atoms with Crippen LogP contribution in [-0.2, 0) is 6.54 Å². The normalized spacial score (nSPS) is 10.4. The number of aromatic hydroxyl groups is 1. The van der Waals surface area contributed by atoms with Crippen LogP contribution in [0.1, 0.15) is 21.5 Å². The lowest BCUT2D eigenvalue weighted by atomic mass is 10.1. The van der Waals surface area contributed by atoms with Gasteiger partial charge in [-0.15, -0.1) is 0 Å². The Morgan fingerprint density at radius 1 is 1.32 bits per heavy atom. The molecule has 5 nitrogen and oxygen atoms in total. The number of carbonyl (C=O) groups excluding carboxylic acids is 1. The van der Waals surface area contributed by atoms with Crippen LogP contribution in [0.15, 0.2) is 41.2 Å². The van der Waals surface area contributed by atoms with Crippen molar-refractivity contribution >= 4 is 5.91 Å². The summed E-state index contributed by atoms with van der Waals surface area (Å²) in [4.78, 5) is 23.2. The predicted molar refractivity (Wildman–Crippen MR) is 71.2 cm³/mol. The fourth-order valence-corrected chi connectivity index (χ4v) is 1.97. The van der Waals surface area contributed by atoms with E-state index >= 15 is 0 Å². The maximum absolute atomic E-state index is 11.9. The van der Waals surface area contributed by atoms with E-state index in [0.29, 0.717) is 5.56 Å². The molecule has 0 radical (unpaired) electrons. The standard InChI is InChI=1S/C14H14N2O3/c1-9-7-11(17)16(14(19)12(9)13(15)18)8-10-5-3-2-4-6-10/h2-7,19H,8H2,1H3,(H2,15,18). The average molecular weight is 258 g/mol. The van der Waals surface area contributed by atoms with Crippen molar-refractivity contribution in [2.75, 3.05) is 0 Å². The van der Waals surface area contributed by atoms with Gasteiger partial charge in [-0.25, -0.2) is 0 Å². The zero-order valence-electron chi connectivity index (χ0n) is 10.5. The SMILES string of the molecule is Cc1cc(=O)n(Cc2ccccc2)c(O)c1C(N)=O. The van der Waals surface area contributed by atoms with Crippen molar-refractivity contribution in [3.63, 3.8) is 0 Å². The summed E-state index contributed by atoms with van der Waals surface area (Å²) in [5.41, 5.74) is 6.04. The first-order valence-corrected chi connectivity index (χ1v) is 5.78. The highest BCUT2D eigenvalue weighted by molar-refractivity contribution is 5.96. The van der Waals surface area contributed by atoms with Gasteiger partial charge < -0.3 is 10.8 Å². The van der Waals surface area contributed by atoms with Gasteiger partial charge in [-0.05, 0) is 18.1 Å². The van der Waals surface area contributed by atoms with E-state index in [9.17, 15) is 14.7 Å². The zero-order valence-corrected chi connectivity index (χ0v) is 10.5. The summed E-state index contributed by atoms with van der Waals surface area (Å²) in [5.74, 6) is -1.14. The average Bonchev–Trinajstić information content (AvgIpc) is 2.35. The van der Waals surface area contributed by atoms with Crippen molar-refractivity contribution < 1.29 is 9.90 Å². The van der Waals surface area contributed by atoms with Crippen molar-refractivity contribution in [1.82, 2.24) is 4.57 Å². The molecule has 5 heteroatoms. The number of hydrogen-bond acceptors (Lipinski definition) is 3. The summed E-state index contributed by atoms with van der Waals surface area (Å²) >= 11 is 0. The van der Waals surface area contributed by atoms with Gasteiger partial charge in [0.2, 0.25) is 5.88 Å². The summed E-state index contributed by atoms with van der Waals surface area (Å²) < 4.78 is 1.13. The molecular weight excluding hydrogens is 244 g/mol. The second-order valence-corrected chi connectivity index (χ2v) is 4.30. The van der Waals surface area contributed by atoms with Gasteiger partial charge in [0.1, 0.15) is 5.56 Å². The predicted octanol–water partition coefficient (Wildman–Crippen LogP) is 1.01. The highest BCUT2D eigenvalue weighted by Gasteiger charge is 2.16. The molecule has 0 spiro atoms. The lowest BCUT2D eigenvalue weighted by Crippen LogP contribution is -2.25. The number of aromatic nitrogens is 1. The monoisotopic (exact) mass is 258 g/mol. The minimum atomic E-state index is -0.753. The minimum Gasteiger partial charge on any atom is -0.494 e. The van der Waals surface area contributed by atoms with Crippen LogP contribution in [0.3, 0.4) is 0 Å². The van der Waals surface area contributed by atoms with E-state index in [2.05, 4.69) is 0 Å². The largest absolute Gasteiger partial charge is 0.494 e. The Morgan fingerprint density at radius 3 is 2.53 bits per heavy atom. The van der Waals surface area contributed by atoms with Gasteiger partial charge in [-0.2, -0.15) is 0 Å². The third kappa shape index (κ3) is 2.49. The Kier molecular flexibility index (Phi) is 3.37. The summed E-state index contributed by atoms with van der Waals surface area (Å²) in [6.07, 6.45) is 0. The molecule has 1 aromatic heterocycles. The molecule has 2 rings (SSSR count). The van der Waals surface area contributed by atoms with Crippen LogP contribution in [0.25, 0.3) is 0 Å². The molecule has 1 heterocycles. The first-order chi connectivity index (χ1) is 9.00. The molecule has 1 aromatic carbocycles. The van der Waals surface area contributed by atoms with E-state index in [1.54, 1.807) is 6.92 Å². The summed E-state index contributed by atoms with van der Waals surface area (Å²) in [5, 5.41) is 10.0. The molecule has 0 saturated carbocycles. The van der Waals surface area contributed by atoms with Crippen LogP contribution in [0.5, 0.6) is 5.88 Å². The molecule has 0 atom stereocenters. The first kappa shape index (κ1) is 12.9. The molecule has 0 saturated heterocycles. The highest BCUT2D eigenvalue weighted by atomic mass is 16.3. The Labute approximate surface area is 109 Å². The van der Waals surface area contributed by atoms with Crippen LogP contribution in [0.2, 0.25) is 0 Å². The molecular formula is C14H14N2O3. The number of aryl methyl sites for hydroxylation is 1. The van der Waals surface area contributed by atoms with Crippen molar-refractivity contribution in [2.24, 2.45) is 5.73 Å². The Morgan fingerprint density at radius 2 is 1.95 bits per heavy atom. The fourth-order valence-electron chi connectivity index (χ4n) is 1.97. The quantitative estimate of drug-likeness (QED) is 0.861. The van der Waals surface area contributed by atoms with Gasteiger partial charge in [0, 0.05) is 6.07 Å². The maximum Gasteiger partial charge on any atom is 0.254 e. The first-order valence-electron chi connectivity index (χ1n) is 5.78. The molecule has 0 aliphatic carbocycles. The second-order valence-electron chi connectivity index (χ2n) is 4.30. The Hall–Kier alpha value is -2.56. The van der Waals surface area contributed by atoms with E-state index in [1.165, 1.54) is 6.07 Å². The van der Waals surface area contributed by atoms with Crippen LogP contribution < -0.4 is 11.3 Å². The van der Waals surface area contributed by atoms with Crippen molar-refractivity contribution in [3.05, 3.63) is 63.4 Å². The number of carbonyl (C=O) groups is 1. The van der Waals surface area contributed by atoms with E-state index in [1.807, 2.05) is 30.3 Å². The lowest BCUT2D eigenvalue weighted by Gasteiger charge is -2.12. The van der Waals surface area contributed by atoms with Gasteiger partial charge in [-0.3, -0.25) is 14.2 Å². The van der Waals surface area contributed by atoms with E-state index in [0.717, 1.165) is 10.1 Å². The van der Waals surface area contributed by atoms with Crippen LogP contribution >= 0.6 is 0 Å². The van der Waals surface area contributed by atoms with Gasteiger partial charge in [-0.1, -0.05) is 30.3 Å². The van der Waals surface area contributed by atoms with E-state index in [4.69, 9.17) is 5.73 Å². The van der Waals surface area contributed by atoms with Gasteiger partial charge in [0.25, 0.3) is 11.5 Å². The summed E-state index contributed by atoms with van der Waals surface area (Å²) in [6, 6.07) is 10.5. The Bertz CT molecular complexity index is 675. The molecule has 98 valence electrons. The van der Waals surface area contributed by atoms with E-state index in [-0.39, 0.29) is 23.5 Å². The number of benzene rings is 1. The highest BCUT2D eigenvalue weighted by Crippen LogP contribution is 2.19. The molecule has 0 aliphatic rings. The minimum absolute atomic E-state index is 0.0180. The topological polar surface area (TPSA) is 85.3 Å². The summed E-state index contributed by atoms with van der Waals surface area (Å²) in [6.45, 7) is 1.75. The van der Waals surface area contributed by atoms with Gasteiger partial charge in [0.05, 0.1) is 6.54 Å². The number of rotatable bonds is 3. The summed E-state index contributed by atoms with van der Waals surface area (Å²) in [7, 11) is 0. The third-order valence-electron chi connectivity index (χ3n) is 2.91. The van der Waals surface area contributed by atoms with Crippen molar-refractivity contribution in [2.45, 2.75) is 13.5 Å². The zero-order chi connectivity index (χ0) is 14.0. The molecule has 2 aromatic rings. The number of nitrogens with zero attached hydrogens (tertiary/aromatic N) is 1.